The van der Waals surface area contributed by atoms with Crippen molar-refractivity contribution in [3.05, 3.63) is 34.9 Å². The Morgan fingerprint density at radius 2 is 2.13 bits per heavy atom. The molecule has 0 aliphatic heterocycles. The molecule has 0 saturated carbocycles. The lowest BCUT2D eigenvalue weighted by molar-refractivity contribution is -0.119. The minimum absolute atomic E-state index is 0.0188. The standard InChI is InChI=1S/C13H19NO/c1-4-5-13-7-6-12(8-10(13)2)9-14-11(3)15/h6-8H,4-5,9H2,1-3H3,(H,14,15). The highest BCUT2D eigenvalue weighted by Crippen LogP contribution is 2.12. The Kier molecular flexibility index (Phi) is 4.35. The summed E-state index contributed by atoms with van der Waals surface area (Å²) < 4.78 is 0. The molecule has 1 rings (SSSR count). The van der Waals surface area contributed by atoms with Gasteiger partial charge in [0.05, 0.1) is 0 Å². The summed E-state index contributed by atoms with van der Waals surface area (Å²) >= 11 is 0. The molecule has 0 bridgehead atoms. The highest BCUT2D eigenvalue weighted by atomic mass is 16.1. The number of hydrogen-bond acceptors (Lipinski definition) is 1. The van der Waals surface area contributed by atoms with Gasteiger partial charge in [0, 0.05) is 13.5 Å². The molecule has 0 fully saturated rings. The number of hydrogen-bond donors (Lipinski definition) is 1. The van der Waals surface area contributed by atoms with Crippen LogP contribution in [-0.4, -0.2) is 5.91 Å². The number of amides is 1. The van der Waals surface area contributed by atoms with Crippen LogP contribution in [0.4, 0.5) is 0 Å². The van der Waals surface area contributed by atoms with E-state index in [2.05, 4.69) is 37.4 Å². The van der Waals surface area contributed by atoms with Gasteiger partial charge in [0.2, 0.25) is 5.91 Å². The van der Waals surface area contributed by atoms with Crippen molar-refractivity contribution in [3.63, 3.8) is 0 Å². The third-order valence-electron chi connectivity index (χ3n) is 2.47. The van der Waals surface area contributed by atoms with Crippen molar-refractivity contribution >= 4 is 5.91 Å². The first-order chi connectivity index (χ1) is 7.13. The average molecular weight is 205 g/mol. The van der Waals surface area contributed by atoms with Crippen molar-refractivity contribution in [2.24, 2.45) is 0 Å². The zero-order valence-electron chi connectivity index (χ0n) is 9.76. The molecule has 0 aliphatic rings. The SMILES string of the molecule is CCCc1ccc(CNC(C)=O)cc1C. The van der Waals surface area contributed by atoms with Crippen LogP contribution in [0.1, 0.15) is 37.0 Å². The molecule has 0 saturated heterocycles. The molecule has 1 N–H and O–H groups in total. The summed E-state index contributed by atoms with van der Waals surface area (Å²) in [6.45, 7) is 6.48. The molecule has 1 aromatic carbocycles. The zero-order valence-corrected chi connectivity index (χ0v) is 9.76. The normalized spacial score (nSPS) is 10.1. The average Bonchev–Trinajstić information content (AvgIpc) is 2.19. The van der Waals surface area contributed by atoms with Crippen LogP contribution in [0.5, 0.6) is 0 Å². The molecule has 2 heteroatoms. The quantitative estimate of drug-likeness (QED) is 0.804. The Labute approximate surface area is 91.7 Å². The monoisotopic (exact) mass is 205 g/mol. The van der Waals surface area contributed by atoms with Gasteiger partial charge in [0.25, 0.3) is 0 Å². The van der Waals surface area contributed by atoms with E-state index in [-0.39, 0.29) is 5.91 Å². The lowest BCUT2D eigenvalue weighted by atomic mass is 10.0. The van der Waals surface area contributed by atoms with Gasteiger partial charge in [-0.3, -0.25) is 4.79 Å². The minimum Gasteiger partial charge on any atom is -0.352 e. The fraction of sp³-hybridized carbons (Fsp3) is 0.462. The van der Waals surface area contributed by atoms with Gasteiger partial charge < -0.3 is 5.32 Å². The fourth-order valence-corrected chi connectivity index (χ4v) is 1.64. The van der Waals surface area contributed by atoms with Gasteiger partial charge in [-0.25, -0.2) is 0 Å². The Morgan fingerprint density at radius 3 is 2.67 bits per heavy atom. The van der Waals surface area contributed by atoms with Crippen LogP contribution in [-0.2, 0) is 17.8 Å². The molecular weight excluding hydrogens is 186 g/mol. The van der Waals surface area contributed by atoms with E-state index >= 15 is 0 Å². The Morgan fingerprint density at radius 1 is 1.40 bits per heavy atom. The predicted molar refractivity (Wildman–Crippen MR) is 62.7 cm³/mol. The number of nitrogens with one attached hydrogen (secondary N) is 1. The summed E-state index contributed by atoms with van der Waals surface area (Å²) in [6, 6.07) is 6.41. The van der Waals surface area contributed by atoms with Crippen LogP contribution in [0.25, 0.3) is 0 Å². The highest BCUT2D eigenvalue weighted by molar-refractivity contribution is 5.72. The maximum absolute atomic E-state index is 10.8. The van der Waals surface area contributed by atoms with E-state index in [0.29, 0.717) is 6.54 Å². The third kappa shape index (κ3) is 3.74. The van der Waals surface area contributed by atoms with Gasteiger partial charge in [-0.15, -0.1) is 0 Å². The summed E-state index contributed by atoms with van der Waals surface area (Å²) in [5.41, 5.74) is 3.89. The lowest BCUT2D eigenvalue weighted by Gasteiger charge is -2.08. The number of rotatable bonds is 4. The van der Waals surface area contributed by atoms with Crippen LogP contribution in [0.15, 0.2) is 18.2 Å². The first-order valence-corrected chi connectivity index (χ1v) is 5.46. The summed E-state index contributed by atoms with van der Waals surface area (Å²) in [4.78, 5) is 10.8. The molecule has 0 unspecified atom stereocenters. The Bertz CT molecular complexity index is 344. The zero-order chi connectivity index (χ0) is 11.3. The topological polar surface area (TPSA) is 29.1 Å². The highest BCUT2D eigenvalue weighted by Gasteiger charge is 2.00. The van der Waals surface area contributed by atoms with Gasteiger partial charge in [0.1, 0.15) is 0 Å². The van der Waals surface area contributed by atoms with E-state index < -0.39 is 0 Å². The van der Waals surface area contributed by atoms with E-state index in [1.165, 1.54) is 30.0 Å². The molecule has 82 valence electrons. The molecule has 0 aromatic heterocycles. The lowest BCUT2D eigenvalue weighted by Crippen LogP contribution is -2.18. The van der Waals surface area contributed by atoms with Crippen molar-refractivity contribution in [2.45, 2.75) is 40.2 Å². The van der Waals surface area contributed by atoms with E-state index in [1.54, 1.807) is 0 Å². The molecule has 1 amide bonds. The summed E-state index contributed by atoms with van der Waals surface area (Å²) in [5.74, 6) is 0.0188. The van der Waals surface area contributed by atoms with E-state index in [0.717, 1.165) is 6.42 Å². The summed E-state index contributed by atoms with van der Waals surface area (Å²) in [7, 11) is 0. The van der Waals surface area contributed by atoms with Crippen LogP contribution in [0.3, 0.4) is 0 Å². The predicted octanol–water partition coefficient (Wildman–Crippen LogP) is 2.58. The molecule has 0 aliphatic carbocycles. The Balaban J connectivity index is 2.68. The molecule has 2 nitrogen and oxygen atoms in total. The largest absolute Gasteiger partial charge is 0.352 e. The van der Waals surface area contributed by atoms with Crippen molar-refractivity contribution in [1.82, 2.24) is 5.32 Å². The second kappa shape index (κ2) is 5.54. The maximum atomic E-state index is 10.8. The van der Waals surface area contributed by atoms with Gasteiger partial charge in [-0.2, -0.15) is 0 Å². The number of aryl methyl sites for hydroxylation is 2. The molecule has 0 heterocycles. The molecule has 1 aromatic rings. The van der Waals surface area contributed by atoms with Gasteiger partial charge in [-0.05, 0) is 30.0 Å². The van der Waals surface area contributed by atoms with Crippen molar-refractivity contribution in [2.75, 3.05) is 0 Å². The molecule has 0 radical (unpaired) electrons. The summed E-state index contributed by atoms with van der Waals surface area (Å²) in [6.07, 6.45) is 2.30. The molecular formula is C13H19NO. The number of carbonyl (C=O) groups excluding carboxylic acids is 1. The third-order valence-corrected chi connectivity index (χ3v) is 2.47. The number of benzene rings is 1. The second-order valence-electron chi connectivity index (χ2n) is 3.92. The molecule has 15 heavy (non-hydrogen) atoms. The van der Waals surface area contributed by atoms with Crippen LogP contribution in [0, 0.1) is 6.92 Å². The first kappa shape index (κ1) is 11.8. The van der Waals surface area contributed by atoms with E-state index in [4.69, 9.17) is 0 Å². The van der Waals surface area contributed by atoms with Crippen molar-refractivity contribution < 1.29 is 4.79 Å². The van der Waals surface area contributed by atoms with Gasteiger partial charge in [0.15, 0.2) is 0 Å². The number of carbonyl (C=O) groups is 1. The van der Waals surface area contributed by atoms with E-state index in [1.807, 2.05) is 0 Å². The van der Waals surface area contributed by atoms with E-state index in [9.17, 15) is 4.79 Å². The van der Waals surface area contributed by atoms with Crippen molar-refractivity contribution in [1.29, 1.82) is 0 Å². The second-order valence-corrected chi connectivity index (χ2v) is 3.92. The fourth-order valence-electron chi connectivity index (χ4n) is 1.64. The first-order valence-electron chi connectivity index (χ1n) is 5.46. The van der Waals surface area contributed by atoms with Gasteiger partial charge >= 0.3 is 0 Å². The maximum Gasteiger partial charge on any atom is 0.217 e. The van der Waals surface area contributed by atoms with Crippen LogP contribution < -0.4 is 5.32 Å². The smallest absolute Gasteiger partial charge is 0.217 e. The van der Waals surface area contributed by atoms with Crippen LogP contribution >= 0.6 is 0 Å². The summed E-state index contributed by atoms with van der Waals surface area (Å²) in [5, 5.41) is 2.80. The van der Waals surface area contributed by atoms with Crippen LogP contribution in [0.2, 0.25) is 0 Å². The minimum atomic E-state index is 0.0188. The molecule has 0 atom stereocenters. The van der Waals surface area contributed by atoms with Gasteiger partial charge in [-0.1, -0.05) is 31.5 Å². The van der Waals surface area contributed by atoms with Crippen molar-refractivity contribution in [3.8, 4) is 0 Å². The Hall–Kier alpha value is -1.31. The molecule has 0 spiro atoms.